The Bertz CT molecular complexity index is 1030. The van der Waals surface area contributed by atoms with Gasteiger partial charge in [0.25, 0.3) is 0 Å². The Morgan fingerprint density at radius 1 is 0.846 bits per heavy atom. The van der Waals surface area contributed by atoms with E-state index < -0.39 is 21.1 Å². The van der Waals surface area contributed by atoms with Crippen LogP contribution in [0.25, 0.3) is 0 Å². The first-order valence-electron chi connectivity index (χ1n) is 14.0. The molecule has 7 nitrogen and oxygen atoms in total. The molecule has 0 bridgehead atoms. The fourth-order valence-electron chi connectivity index (χ4n) is 4.75. The Morgan fingerprint density at radius 3 is 1.82 bits per heavy atom. The molecule has 224 valence electrons. The van der Waals surface area contributed by atoms with Crippen molar-refractivity contribution in [2.45, 2.75) is 111 Å². The standard InChI is InChI=1S/C30H53NO6P2/c1-24(2)13-9-15-26(5)17-11-18-28(7)21-31-29(22-37-39(35,36)23-38(32,33)34)30(31,8)20-12-19-27(6)16-10-14-25(3)4/h13-14,17,19,29H,7,9-12,15-16,18,20-23H2,1-6,8H3,(H,35,36)(H2,32,33,34)/b26-17+,27-19+/t29-,30-,31?/m0/s1. The van der Waals surface area contributed by atoms with Crippen LogP contribution in [0.2, 0.25) is 0 Å². The highest BCUT2D eigenvalue weighted by atomic mass is 31.2. The zero-order valence-corrected chi connectivity index (χ0v) is 27.1. The second-order valence-corrected chi connectivity index (χ2v) is 15.8. The molecule has 0 amide bonds. The minimum Gasteiger partial charge on any atom is -0.324 e. The number of hydrogen-bond donors (Lipinski definition) is 3. The van der Waals surface area contributed by atoms with Crippen LogP contribution in [-0.4, -0.2) is 50.2 Å². The summed E-state index contributed by atoms with van der Waals surface area (Å²) < 4.78 is 28.7. The highest BCUT2D eigenvalue weighted by molar-refractivity contribution is 7.70. The van der Waals surface area contributed by atoms with Gasteiger partial charge in [0, 0.05) is 12.1 Å². The Balaban J connectivity index is 2.77. The van der Waals surface area contributed by atoms with E-state index in [1.807, 2.05) is 0 Å². The van der Waals surface area contributed by atoms with Gasteiger partial charge in [-0.25, -0.2) is 0 Å². The molecule has 0 aliphatic carbocycles. The molecule has 2 unspecified atom stereocenters. The van der Waals surface area contributed by atoms with Crippen LogP contribution in [-0.2, 0) is 13.7 Å². The van der Waals surface area contributed by atoms with E-state index in [-0.39, 0.29) is 18.2 Å². The first-order chi connectivity index (χ1) is 17.9. The first-order valence-corrected chi connectivity index (χ1v) is 17.5. The van der Waals surface area contributed by atoms with E-state index in [1.54, 1.807) is 0 Å². The maximum Gasteiger partial charge on any atom is 0.340 e. The van der Waals surface area contributed by atoms with Crippen LogP contribution in [0.3, 0.4) is 0 Å². The van der Waals surface area contributed by atoms with Crippen molar-refractivity contribution in [3.8, 4) is 0 Å². The van der Waals surface area contributed by atoms with E-state index in [1.165, 1.54) is 22.3 Å². The van der Waals surface area contributed by atoms with E-state index in [9.17, 15) is 14.0 Å². The van der Waals surface area contributed by atoms with E-state index in [0.717, 1.165) is 56.9 Å². The van der Waals surface area contributed by atoms with Crippen molar-refractivity contribution in [2.75, 3.05) is 19.1 Å². The van der Waals surface area contributed by atoms with E-state index >= 15 is 0 Å². The molecular formula is C30H53NO6P2. The lowest BCUT2D eigenvalue weighted by Crippen LogP contribution is -2.16. The maximum absolute atomic E-state index is 12.3. The Kier molecular flexibility index (Phi) is 15.1. The van der Waals surface area contributed by atoms with Gasteiger partial charge < -0.3 is 19.2 Å². The molecule has 1 saturated heterocycles. The van der Waals surface area contributed by atoms with Crippen molar-refractivity contribution in [3.05, 3.63) is 58.7 Å². The third kappa shape index (κ3) is 15.5. The third-order valence-corrected chi connectivity index (χ3v) is 10.6. The van der Waals surface area contributed by atoms with Gasteiger partial charge in [-0.05, 0) is 99.8 Å². The van der Waals surface area contributed by atoms with Gasteiger partial charge in [0.05, 0.1) is 12.6 Å². The van der Waals surface area contributed by atoms with Gasteiger partial charge in [-0.2, -0.15) is 0 Å². The summed E-state index contributed by atoms with van der Waals surface area (Å²) in [7, 11) is -9.05. The summed E-state index contributed by atoms with van der Waals surface area (Å²) in [6, 6.07) is -0.118. The second kappa shape index (κ2) is 16.4. The van der Waals surface area contributed by atoms with Crippen molar-refractivity contribution in [1.82, 2.24) is 4.90 Å². The van der Waals surface area contributed by atoms with Crippen LogP contribution in [0.1, 0.15) is 99.8 Å². The first kappa shape index (κ1) is 36.0. The lowest BCUT2D eigenvalue weighted by molar-refractivity contribution is 0.249. The monoisotopic (exact) mass is 585 g/mol. The Morgan fingerprint density at radius 2 is 1.33 bits per heavy atom. The zero-order valence-electron chi connectivity index (χ0n) is 25.3. The predicted octanol–water partition coefficient (Wildman–Crippen LogP) is 8.27. The van der Waals surface area contributed by atoms with Crippen LogP contribution < -0.4 is 0 Å². The van der Waals surface area contributed by atoms with Crippen LogP contribution >= 0.6 is 15.2 Å². The summed E-state index contributed by atoms with van der Waals surface area (Å²) in [5.74, 6) is -1.16. The smallest absolute Gasteiger partial charge is 0.324 e. The average molecular weight is 586 g/mol. The maximum atomic E-state index is 12.3. The molecule has 9 heteroatoms. The van der Waals surface area contributed by atoms with Crippen molar-refractivity contribution in [2.24, 2.45) is 0 Å². The van der Waals surface area contributed by atoms with E-state index in [2.05, 4.69) is 84.2 Å². The van der Waals surface area contributed by atoms with Gasteiger partial charge >= 0.3 is 15.2 Å². The molecule has 39 heavy (non-hydrogen) atoms. The van der Waals surface area contributed by atoms with Crippen LogP contribution in [0.5, 0.6) is 0 Å². The molecule has 3 N–H and O–H groups in total. The van der Waals surface area contributed by atoms with E-state index in [0.29, 0.717) is 6.54 Å². The van der Waals surface area contributed by atoms with E-state index in [4.69, 9.17) is 14.3 Å². The van der Waals surface area contributed by atoms with Crippen molar-refractivity contribution in [3.63, 3.8) is 0 Å². The molecule has 0 aromatic rings. The normalized spacial score (nSPS) is 23.2. The molecule has 1 rings (SSSR count). The fraction of sp³-hybridized carbons (Fsp3) is 0.667. The summed E-state index contributed by atoms with van der Waals surface area (Å²) in [5.41, 5.74) is 6.23. The van der Waals surface area contributed by atoms with Gasteiger partial charge in [0.2, 0.25) is 0 Å². The molecular weight excluding hydrogens is 532 g/mol. The van der Waals surface area contributed by atoms with Gasteiger partial charge in [0.1, 0.15) is 0 Å². The molecule has 1 aliphatic heterocycles. The highest BCUT2D eigenvalue weighted by Gasteiger charge is 2.58. The number of nitrogens with zero attached hydrogens (tertiary/aromatic N) is 1. The van der Waals surface area contributed by atoms with Gasteiger partial charge in [-0.15, -0.1) is 0 Å². The van der Waals surface area contributed by atoms with Crippen LogP contribution in [0.4, 0.5) is 0 Å². The quantitative estimate of drug-likeness (QED) is 0.0796. The fourth-order valence-corrected chi connectivity index (χ4v) is 7.31. The molecule has 0 aromatic heterocycles. The Hall–Kier alpha value is -1.04. The van der Waals surface area contributed by atoms with Crippen molar-refractivity contribution < 1.29 is 28.3 Å². The molecule has 0 radical (unpaired) electrons. The summed E-state index contributed by atoms with van der Waals surface area (Å²) in [4.78, 5) is 30.5. The highest BCUT2D eigenvalue weighted by Crippen LogP contribution is 2.57. The minimum absolute atomic E-state index is 0.0514. The summed E-state index contributed by atoms with van der Waals surface area (Å²) in [6.07, 6.45) is 16.7. The van der Waals surface area contributed by atoms with Crippen LogP contribution in [0.15, 0.2) is 58.7 Å². The summed E-state index contributed by atoms with van der Waals surface area (Å²) >= 11 is 0. The molecule has 0 spiro atoms. The Labute approximate surface area is 237 Å². The number of allylic oxidation sites excluding steroid dienone is 8. The van der Waals surface area contributed by atoms with Gasteiger partial charge in [-0.3, -0.25) is 14.0 Å². The lowest BCUT2D eigenvalue weighted by atomic mass is 9.99. The van der Waals surface area contributed by atoms with Crippen LogP contribution in [0, 0.1) is 0 Å². The predicted molar refractivity (Wildman–Crippen MR) is 164 cm³/mol. The molecule has 4 atom stereocenters. The molecule has 1 aliphatic rings. The molecule has 0 saturated carbocycles. The zero-order chi connectivity index (χ0) is 29.9. The molecule has 1 fully saturated rings. The second-order valence-electron chi connectivity index (χ2n) is 11.8. The lowest BCUT2D eigenvalue weighted by Gasteiger charge is -2.13. The van der Waals surface area contributed by atoms with Gasteiger partial charge in [0.15, 0.2) is 5.90 Å². The van der Waals surface area contributed by atoms with Crippen molar-refractivity contribution in [1.29, 1.82) is 0 Å². The summed E-state index contributed by atoms with van der Waals surface area (Å²) in [6.45, 7) is 19.8. The van der Waals surface area contributed by atoms with Crippen molar-refractivity contribution >= 4 is 15.2 Å². The third-order valence-electron chi connectivity index (χ3n) is 7.19. The SMILES string of the molecule is C=C(CC/C=C(\C)CCC=C(C)C)CN1[C@@H](COP(=O)(O)CP(=O)(O)O)[C@]1(C)CC/C=C(\C)CCC=C(C)C. The van der Waals surface area contributed by atoms with Gasteiger partial charge in [-0.1, -0.05) is 58.7 Å². The molecule has 0 aromatic carbocycles. The minimum atomic E-state index is -4.66. The number of hydrogen-bond acceptors (Lipinski definition) is 4. The average Bonchev–Trinajstić information content (AvgIpc) is 3.31. The topological polar surface area (TPSA) is 107 Å². The summed E-state index contributed by atoms with van der Waals surface area (Å²) in [5, 5.41) is 0. The molecule has 1 heterocycles. The largest absolute Gasteiger partial charge is 0.340 e. The number of rotatable bonds is 19.